The van der Waals surface area contributed by atoms with Crippen LogP contribution in [-0.2, 0) is 0 Å². The van der Waals surface area contributed by atoms with Crippen molar-refractivity contribution in [3.8, 4) is 0 Å². The molecule has 0 saturated carbocycles. The largest absolute Gasteiger partial charge is 0.108 e. The third-order valence-electron chi connectivity index (χ3n) is 4.80. The van der Waals surface area contributed by atoms with Crippen LogP contribution in [-0.4, -0.2) is 8.80 Å². The lowest BCUT2D eigenvalue weighted by molar-refractivity contribution is 1.66. The Balaban J connectivity index is 1.98. The van der Waals surface area contributed by atoms with Crippen molar-refractivity contribution >= 4 is 40.7 Å². The van der Waals surface area contributed by atoms with Crippen molar-refractivity contribution in [1.29, 1.82) is 0 Å². The summed E-state index contributed by atoms with van der Waals surface area (Å²) in [7, 11) is -1.37. The zero-order valence-corrected chi connectivity index (χ0v) is 14.8. The summed E-state index contributed by atoms with van der Waals surface area (Å²) < 4.78 is 0. The van der Waals surface area contributed by atoms with Crippen LogP contribution in [0.4, 0.5) is 0 Å². The maximum atomic E-state index is 4.05. The van der Waals surface area contributed by atoms with Crippen LogP contribution in [0.25, 0.3) is 21.5 Å². The van der Waals surface area contributed by atoms with Crippen LogP contribution in [0.2, 0.25) is 6.04 Å². The van der Waals surface area contributed by atoms with Gasteiger partial charge in [0.05, 0.1) is 0 Å². The standard InChI is InChI=1S/C23H20Si/c1-2-17-24(22-15-7-11-18-9-3-5-13-20(18)22)23-16-8-12-19-10-4-6-14-21(19)23/h2-16,24H,1,17H2. The van der Waals surface area contributed by atoms with E-state index in [2.05, 4.69) is 97.6 Å². The fourth-order valence-corrected chi connectivity index (χ4v) is 6.84. The van der Waals surface area contributed by atoms with Gasteiger partial charge in [0.2, 0.25) is 0 Å². The number of allylic oxidation sites excluding steroid dienone is 1. The molecule has 0 spiro atoms. The number of hydrogen-bond donors (Lipinski definition) is 0. The zero-order valence-electron chi connectivity index (χ0n) is 13.7. The highest BCUT2D eigenvalue weighted by Gasteiger charge is 2.19. The third kappa shape index (κ3) is 2.57. The number of fused-ring (bicyclic) bond motifs is 2. The van der Waals surface area contributed by atoms with E-state index in [1.54, 1.807) is 0 Å². The van der Waals surface area contributed by atoms with Crippen molar-refractivity contribution in [3.63, 3.8) is 0 Å². The lowest BCUT2D eigenvalue weighted by Crippen LogP contribution is -2.42. The molecule has 4 aromatic rings. The molecule has 0 heterocycles. The molecule has 0 unspecified atom stereocenters. The molecular weight excluding hydrogens is 304 g/mol. The van der Waals surface area contributed by atoms with E-state index in [0.29, 0.717) is 0 Å². The van der Waals surface area contributed by atoms with Gasteiger partial charge in [-0.3, -0.25) is 0 Å². The summed E-state index contributed by atoms with van der Waals surface area (Å²) in [6.45, 7) is 4.05. The summed E-state index contributed by atoms with van der Waals surface area (Å²) in [6.07, 6.45) is 2.10. The Morgan fingerprint density at radius 3 is 1.58 bits per heavy atom. The highest BCUT2D eigenvalue weighted by atomic mass is 28.3. The molecule has 0 aliphatic rings. The minimum Gasteiger partial charge on any atom is -0.103 e. The van der Waals surface area contributed by atoms with Crippen molar-refractivity contribution in [1.82, 2.24) is 0 Å². The lowest BCUT2D eigenvalue weighted by atomic mass is 10.1. The van der Waals surface area contributed by atoms with Crippen molar-refractivity contribution < 1.29 is 0 Å². The summed E-state index contributed by atoms with van der Waals surface area (Å²) >= 11 is 0. The Hall–Kier alpha value is -2.64. The Bertz CT molecular complexity index is 927. The first-order chi connectivity index (χ1) is 11.9. The molecule has 116 valence electrons. The average Bonchev–Trinajstić information content (AvgIpc) is 2.65. The summed E-state index contributed by atoms with van der Waals surface area (Å²) in [6, 6.07) is 32.0. The van der Waals surface area contributed by atoms with E-state index in [0.717, 1.165) is 6.04 Å². The first-order valence-corrected chi connectivity index (χ1v) is 10.4. The Kier molecular flexibility index (Phi) is 4.02. The third-order valence-corrected chi connectivity index (χ3v) is 8.11. The van der Waals surface area contributed by atoms with Crippen molar-refractivity contribution in [3.05, 3.63) is 97.6 Å². The smallest absolute Gasteiger partial charge is 0.103 e. The lowest BCUT2D eigenvalue weighted by Gasteiger charge is -2.19. The molecule has 0 saturated heterocycles. The molecule has 4 rings (SSSR count). The van der Waals surface area contributed by atoms with E-state index < -0.39 is 8.80 Å². The SMILES string of the molecule is C=CC[SiH](c1cccc2ccccc12)c1cccc2ccccc12. The van der Waals surface area contributed by atoms with Gasteiger partial charge in [0.15, 0.2) is 0 Å². The van der Waals surface area contributed by atoms with E-state index in [9.17, 15) is 0 Å². The van der Waals surface area contributed by atoms with Gasteiger partial charge in [-0.25, -0.2) is 0 Å². The predicted octanol–water partition coefficient (Wildman–Crippen LogP) is 4.52. The van der Waals surface area contributed by atoms with E-state index >= 15 is 0 Å². The number of hydrogen-bond acceptors (Lipinski definition) is 0. The second-order valence-electron chi connectivity index (χ2n) is 6.21. The van der Waals surface area contributed by atoms with Gasteiger partial charge in [0, 0.05) is 0 Å². The normalized spacial score (nSPS) is 11.2. The van der Waals surface area contributed by atoms with Crippen LogP contribution >= 0.6 is 0 Å². The first-order valence-electron chi connectivity index (χ1n) is 8.44. The maximum Gasteiger partial charge on any atom is 0.108 e. The summed E-state index contributed by atoms with van der Waals surface area (Å²) in [5.41, 5.74) is 0. The molecule has 0 radical (unpaired) electrons. The molecule has 4 aromatic carbocycles. The molecule has 0 N–H and O–H groups in total. The van der Waals surface area contributed by atoms with E-state index in [1.807, 2.05) is 0 Å². The highest BCUT2D eigenvalue weighted by Crippen LogP contribution is 2.16. The highest BCUT2D eigenvalue weighted by molar-refractivity contribution is 6.88. The monoisotopic (exact) mass is 324 g/mol. The Labute approximate surface area is 144 Å². The van der Waals surface area contributed by atoms with E-state index in [-0.39, 0.29) is 0 Å². The molecule has 0 atom stereocenters. The number of rotatable bonds is 4. The van der Waals surface area contributed by atoms with Gasteiger partial charge in [-0.2, -0.15) is 0 Å². The van der Waals surface area contributed by atoms with Crippen LogP contribution in [0, 0.1) is 0 Å². The fraction of sp³-hybridized carbons (Fsp3) is 0.0435. The Morgan fingerprint density at radius 2 is 1.08 bits per heavy atom. The van der Waals surface area contributed by atoms with Gasteiger partial charge in [-0.15, -0.1) is 6.58 Å². The van der Waals surface area contributed by atoms with Crippen LogP contribution < -0.4 is 10.4 Å². The predicted molar refractivity (Wildman–Crippen MR) is 109 cm³/mol. The molecular formula is C23H20Si. The Morgan fingerprint density at radius 1 is 0.625 bits per heavy atom. The molecule has 0 amide bonds. The molecule has 0 aliphatic carbocycles. The van der Waals surface area contributed by atoms with Gasteiger partial charge in [0.1, 0.15) is 8.80 Å². The minimum atomic E-state index is -1.37. The summed E-state index contributed by atoms with van der Waals surface area (Å²) in [5, 5.41) is 8.49. The second-order valence-corrected chi connectivity index (χ2v) is 9.03. The molecule has 0 aromatic heterocycles. The van der Waals surface area contributed by atoms with Crippen molar-refractivity contribution in [2.75, 3.05) is 0 Å². The van der Waals surface area contributed by atoms with Gasteiger partial charge in [-0.05, 0) is 38.0 Å². The van der Waals surface area contributed by atoms with Crippen LogP contribution in [0.1, 0.15) is 0 Å². The maximum absolute atomic E-state index is 4.05. The zero-order chi connectivity index (χ0) is 16.4. The van der Waals surface area contributed by atoms with Crippen molar-refractivity contribution in [2.45, 2.75) is 6.04 Å². The summed E-state index contributed by atoms with van der Waals surface area (Å²) in [4.78, 5) is 0. The first kappa shape index (κ1) is 14.9. The summed E-state index contributed by atoms with van der Waals surface area (Å²) in [5.74, 6) is 0. The van der Waals surface area contributed by atoms with Gasteiger partial charge in [-0.1, -0.05) is 91.0 Å². The minimum absolute atomic E-state index is 1.07. The van der Waals surface area contributed by atoms with E-state index in [1.165, 1.54) is 31.9 Å². The number of benzene rings is 4. The topological polar surface area (TPSA) is 0 Å². The fourth-order valence-electron chi connectivity index (χ4n) is 3.70. The van der Waals surface area contributed by atoms with E-state index in [4.69, 9.17) is 0 Å². The molecule has 24 heavy (non-hydrogen) atoms. The van der Waals surface area contributed by atoms with Gasteiger partial charge >= 0.3 is 0 Å². The quantitative estimate of drug-likeness (QED) is 0.382. The van der Waals surface area contributed by atoms with Crippen LogP contribution in [0.15, 0.2) is 97.6 Å². The molecule has 0 aliphatic heterocycles. The van der Waals surface area contributed by atoms with Gasteiger partial charge < -0.3 is 0 Å². The van der Waals surface area contributed by atoms with Gasteiger partial charge in [0.25, 0.3) is 0 Å². The van der Waals surface area contributed by atoms with Crippen LogP contribution in [0.3, 0.4) is 0 Å². The van der Waals surface area contributed by atoms with Crippen LogP contribution in [0.5, 0.6) is 0 Å². The molecule has 0 nitrogen and oxygen atoms in total. The second kappa shape index (κ2) is 6.46. The van der Waals surface area contributed by atoms with Crippen molar-refractivity contribution in [2.24, 2.45) is 0 Å². The molecule has 0 fully saturated rings. The molecule has 1 heteroatoms. The molecule has 0 bridgehead atoms. The average molecular weight is 324 g/mol.